The van der Waals surface area contributed by atoms with Gasteiger partial charge in [0.05, 0.1) is 7.11 Å². The molecule has 0 bridgehead atoms. The van der Waals surface area contributed by atoms with Gasteiger partial charge in [0.15, 0.2) is 0 Å². The molecule has 0 aliphatic rings. The molecule has 5 nitrogen and oxygen atoms in total. The van der Waals surface area contributed by atoms with Crippen molar-refractivity contribution in [1.29, 1.82) is 0 Å². The first-order valence-electron chi connectivity index (χ1n) is 6.80. The molecule has 0 aliphatic carbocycles. The van der Waals surface area contributed by atoms with Crippen LogP contribution in [0, 0.1) is 0 Å². The highest BCUT2D eigenvalue weighted by molar-refractivity contribution is 7.97. The summed E-state index contributed by atoms with van der Waals surface area (Å²) in [6.07, 6.45) is 3.47. The number of ether oxygens (including phenoxy) is 1. The van der Waals surface area contributed by atoms with Gasteiger partial charge >= 0.3 is 0 Å². The van der Waals surface area contributed by atoms with E-state index in [1.807, 2.05) is 31.3 Å². The molecule has 2 N–H and O–H groups in total. The highest BCUT2D eigenvalue weighted by atomic mass is 32.2. The molecule has 0 spiro atoms. The smallest absolute Gasteiger partial charge is 0.240 e. The van der Waals surface area contributed by atoms with E-state index in [-0.39, 0.29) is 0 Å². The molecule has 0 fully saturated rings. The van der Waals surface area contributed by atoms with E-state index in [1.165, 1.54) is 4.90 Å². The molecule has 0 aliphatic heterocycles. The zero-order valence-corrected chi connectivity index (χ0v) is 13.1. The summed E-state index contributed by atoms with van der Waals surface area (Å²) < 4.78 is 8.32. The highest BCUT2D eigenvalue weighted by Gasteiger charge is 2.08. The minimum absolute atomic E-state index is 0.530. The molecular formula is C16H16N4OS. The Morgan fingerprint density at radius 3 is 2.50 bits per heavy atom. The van der Waals surface area contributed by atoms with Crippen molar-refractivity contribution < 1.29 is 4.74 Å². The van der Waals surface area contributed by atoms with Crippen LogP contribution in [-0.4, -0.2) is 24.1 Å². The van der Waals surface area contributed by atoms with Gasteiger partial charge < -0.3 is 10.1 Å². The van der Waals surface area contributed by atoms with Crippen molar-refractivity contribution in [3.63, 3.8) is 0 Å². The monoisotopic (exact) mass is 312 g/mol. The molecule has 2 aromatic heterocycles. The molecule has 0 saturated heterocycles. The molecule has 0 radical (unpaired) electrons. The van der Waals surface area contributed by atoms with E-state index in [2.05, 4.69) is 32.1 Å². The number of nitrogens with one attached hydrogen (secondary N) is 2. The Morgan fingerprint density at radius 1 is 1.00 bits per heavy atom. The minimum Gasteiger partial charge on any atom is -0.479 e. The fraction of sp³-hybridized carbons (Fsp3) is 0.125. The van der Waals surface area contributed by atoms with Gasteiger partial charge in [-0.05, 0) is 55.4 Å². The lowest BCUT2D eigenvalue weighted by Crippen LogP contribution is -1.96. The molecule has 0 amide bonds. The van der Waals surface area contributed by atoms with Crippen LogP contribution in [0.4, 0.5) is 11.4 Å². The van der Waals surface area contributed by atoms with Crippen molar-refractivity contribution in [1.82, 2.24) is 14.7 Å². The summed E-state index contributed by atoms with van der Waals surface area (Å²) in [5.41, 5.74) is 2.74. The van der Waals surface area contributed by atoms with Gasteiger partial charge in [0.25, 0.3) is 0 Å². The number of hydrogen-bond acceptors (Lipinski definition) is 6. The Labute approximate surface area is 133 Å². The lowest BCUT2D eigenvalue weighted by Gasteiger charge is -2.11. The molecule has 0 saturated carbocycles. The van der Waals surface area contributed by atoms with Crippen LogP contribution in [-0.2, 0) is 0 Å². The van der Waals surface area contributed by atoms with E-state index < -0.39 is 0 Å². The van der Waals surface area contributed by atoms with Gasteiger partial charge in [-0.1, -0.05) is 0 Å². The second kappa shape index (κ2) is 6.64. The number of hydrogen-bond donors (Lipinski definition) is 2. The van der Waals surface area contributed by atoms with Crippen LogP contribution in [0.3, 0.4) is 0 Å². The third-order valence-corrected chi connectivity index (χ3v) is 3.88. The summed E-state index contributed by atoms with van der Waals surface area (Å²) in [6, 6.07) is 12.1. The van der Waals surface area contributed by atoms with E-state index in [4.69, 9.17) is 4.74 Å². The first-order chi connectivity index (χ1) is 10.8. The van der Waals surface area contributed by atoms with Gasteiger partial charge in [0.1, 0.15) is 5.52 Å². The van der Waals surface area contributed by atoms with Crippen molar-refractivity contribution >= 4 is 34.2 Å². The molecule has 3 rings (SSSR count). The molecule has 3 aromatic rings. The zero-order valence-electron chi connectivity index (χ0n) is 12.3. The summed E-state index contributed by atoms with van der Waals surface area (Å²) in [5, 5.41) is 4.39. The normalized spacial score (nSPS) is 10.6. The van der Waals surface area contributed by atoms with Gasteiger partial charge in [0, 0.05) is 34.1 Å². The lowest BCUT2D eigenvalue weighted by atomic mass is 10.2. The van der Waals surface area contributed by atoms with Crippen LogP contribution < -0.4 is 14.8 Å². The van der Waals surface area contributed by atoms with E-state index in [9.17, 15) is 0 Å². The molecule has 0 atom stereocenters. The summed E-state index contributed by atoms with van der Waals surface area (Å²) in [4.78, 5) is 9.70. The Bertz CT molecular complexity index is 777. The summed E-state index contributed by atoms with van der Waals surface area (Å²) in [6.45, 7) is 0. The van der Waals surface area contributed by atoms with E-state index >= 15 is 0 Å². The van der Waals surface area contributed by atoms with Gasteiger partial charge in [0.2, 0.25) is 5.88 Å². The number of anilines is 2. The lowest BCUT2D eigenvalue weighted by molar-refractivity contribution is 0.402. The first-order valence-corrected chi connectivity index (χ1v) is 7.62. The summed E-state index contributed by atoms with van der Waals surface area (Å²) in [7, 11) is 3.50. The zero-order chi connectivity index (χ0) is 15.4. The van der Waals surface area contributed by atoms with Crippen LogP contribution in [0.25, 0.3) is 10.9 Å². The number of benzene rings is 1. The van der Waals surface area contributed by atoms with E-state index in [0.717, 1.165) is 22.3 Å². The predicted octanol–water partition coefficient (Wildman–Crippen LogP) is 3.61. The van der Waals surface area contributed by atoms with Gasteiger partial charge in [-0.25, -0.2) is 4.98 Å². The maximum atomic E-state index is 5.26. The number of methoxy groups -OCH3 is 1. The van der Waals surface area contributed by atoms with E-state index in [0.29, 0.717) is 5.88 Å². The van der Waals surface area contributed by atoms with Crippen molar-refractivity contribution in [2.75, 3.05) is 19.5 Å². The third-order valence-electron chi connectivity index (χ3n) is 3.17. The van der Waals surface area contributed by atoms with Crippen LogP contribution >= 0.6 is 11.9 Å². The number of fused-ring (bicyclic) bond motifs is 1. The molecule has 22 heavy (non-hydrogen) atoms. The summed E-state index contributed by atoms with van der Waals surface area (Å²) in [5.74, 6) is 0.530. The van der Waals surface area contributed by atoms with Crippen LogP contribution in [0.2, 0.25) is 0 Å². The predicted molar refractivity (Wildman–Crippen MR) is 90.7 cm³/mol. The van der Waals surface area contributed by atoms with Crippen LogP contribution in [0.5, 0.6) is 5.88 Å². The Balaban J connectivity index is 1.93. The van der Waals surface area contributed by atoms with Crippen molar-refractivity contribution in [2.24, 2.45) is 0 Å². The maximum absolute atomic E-state index is 5.26. The van der Waals surface area contributed by atoms with Crippen molar-refractivity contribution in [2.45, 2.75) is 4.90 Å². The fourth-order valence-corrected chi connectivity index (χ4v) is 2.70. The SMILES string of the molecule is CNSc1ccc(Nc2ccnc3c(OC)nccc23)cc1. The molecule has 2 heterocycles. The van der Waals surface area contributed by atoms with Crippen LogP contribution in [0.15, 0.2) is 53.7 Å². The number of aromatic nitrogens is 2. The van der Waals surface area contributed by atoms with Gasteiger partial charge in [-0.15, -0.1) is 0 Å². The van der Waals surface area contributed by atoms with Gasteiger partial charge in [-0.3, -0.25) is 9.71 Å². The fourth-order valence-electron chi connectivity index (χ4n) is 2.19. The first kappa shape index (κ1) is 14.6. The quantitative estimate of drug-likeness (QED) is 0.702. The third kappa shape index (κ3) is 2.98. The highest BCUT2D eigenvalue weighted by Crippen LogP contribution is 2.29. The second-order valence-electron chi connectivity index (χ2n) is 4.53. The summed E-state index contributed by atoms with van der Waals surface area (Å²) >= 11 is 1.59. The molecule has 6 heteroatoms. The Hall–Kier alpha value is -2.31. The molecular weight excluding hydrogens is 296 g/mol. The van der Waals surface area contributed by atoms with Crippen molar-refractivity contribution in [3.8, 4) is 5.88 Å². The largest absolute Gasteiger partial charge is 0.479 e. The number of rotatable bonds is 5. The van der Waals surface area contributed by atoms with E-state index in [1.54, 1.807) is 31.5 Å². The maximum Gasteiger partial charge on any atom is 0.240 e. The van der Waals surface area contributed by atoms with Gasteiger partial charge in [-0.2, -0.15) is 0 Å². The number of nitrogens with zero attached hydrogens (tertiary/aromatic N) is 2. The topological polar surface area (TPSA) is 59.1 Å². The second-order valence-corrected chi connectivity index (χ2v) is 5.61. The van der Waals surface area contributed by atoms with Crippen LogP contribution in [0.1, 0.15) is 0 Å². The molecule has 0 unspecified atom stereocenters. The van der Waals surface area contributed by atoms with Crippen molar-refractivity contribution in [3.05, 3.63) is 48.8 Å². The average Bonchev–Trinajstić information content (AvgIpc) is 2.57. The average molecular weight is 312 g/mol. The molecule has 1 aromatic carbocycles. The number of pyridine rings is 2. The Morgan fingerprint density at radius 2 is 1.77 bits per heavy atom. The minimum atomic E-state index is 0.530. The Kier molecular flexibility index (Phi) is 4.41. The molecule has 112 valence electrons. The standard InChI is InChI=1S/C16H16N4OS/c1-17-22-12-5-3-11(4-6-12)20-14-8-10-18-15-13(14)7-9-19-16(15)21-2/h3-10,17H,1-2H3,(H,18,20).